The SMILES string of the molecule is O=C(O)CO[PH](=O)OCC(=O)O. The minimum absolute atomic E-state index is 0.766. The minimum atomic E-state index is -2.99. The van der Waals surface area contributed by atoms with Crippen molar-refractivity contribution in [3.63, 3.8) is 0 Å². The number of carboxylic acids is 2. The van der Waals surface area contributed by atoms with Gasteiger partial charge < -0.3 is 10.2 Å². The first-order valence-corrected chi connectivity index (χ1v) is 3.98. The lowest BCUT2D eigenvalue weighted by Gasteiger charge is -1.99. The maximum atomic E-state index is 10.5. The molecule has 2 N–H and O–H groups in total. The third kappa shape index (κ3) is 7.20. The van der Waals surface area contributed by atoms with Crippen LogP contribution >= 0.6 is 8.25 Å². The Labute approximate surface area is 67.9 Å². The van der Waals surface area contributed by atoms with Crippen LogP contribution in [0.1, 0.15) is 0 Å². The quantitative estimate of drug-likeness (QED) is 0.557. The van der Waals surface area contributed by atoms with Crippen LogP contribution in [0.15, 0.2) is 0 Å². The highest BCUT2D eigenvalue weighted by Crippen LogP contribution is 2.22. The molecule has 0 aromatic carbocycles. The zero-order valence-electron chi connectivity index (χ0n) is 5.85. The molecule has 0 aromatic heterocycles. The molecule has 0 rings (SSSR count). The van der Waals surface area contributed by atoms with Crippen molar-refractivity contribution in [1.29, 1.82) is 0 Å². The summed E-state index contributed by atoms with van der Waals surface area (Å²) in [5, 5.41) is 16.0. The Hall–Kier alpha value is -0.910. The van der Waals surface area contributed by atoms with E-state index >= 15 is 0 Å². The molecular formula is C4H7O7P. The third-order valence-corrected chi connectivity index (χ3v) is 1.39. The molecule has 12 heavy (non-hydrogen) atoms. The number of hydrogen-bond donors (Lipinski definition) is 2. The Morgan fingerprint density at radius 1 is 1.08 bits per heavy atom. The summed E-state index contributed by atoms with van der Waals surface area (Å²) in [5.41, 5.74) is 0. The van der Waals surface area contributed by atoms with Gasteiger partial charge in [0.2, 0.25) is 0 Å². The lowest BCUT2D eigenvalue weighted by Crippen LogP contribution is -2.06. The van der Waals surface area contributed by atoms with E-state index in [9.17, 15) is 14.2 Å². The van der Waals surface area contributed by atoms with Crippen molar-refractivity contribution in [2.75, 3.05) is 13.2 Å². The fourth-order valence-electron chi connectivity index (χ4n) is 0.283. The van der Waals surface area contributed by atoms with Crippen molar-refractivity contribution in [3.05, 3.63) is 0 Å². The van der Waals surface area contributed by atoms with Gasteiger partial charge in [0.1, 0.15) is 0 Å². The van der Waals surface area contributed by atoms with E-state index in [-0.39, 0.29) is 0 Å². The molecule has 8 heteroatoms. The fraction of sp³-hybridized carbons (Fsp3) is 0.500. The zero-order chi connectivity index (χ0) is 9.56. The molecule has 0 aliphatic rings. The van der Waals surface area contributed by atoms with Crippen LogP contribution in [0.25, 0.3) is 0 Å². The van der Waals surface area contributed by atoms with Crippen molar-refractivity contribution in [3.8, 4) is 0 Å². The molecule has 0 aliphatic carbocycles. The molecule has 0 radical (unpaired) electrons. The van der Waals surface area contributed by atoms with E-state index in [4.69, 9.17) is 10.2 Å². The standard InChI is InChI=1S/C4H7O7P/c5-3(6)1-10-12(9)11-2-4(7)8/h12H,1-2H2,(H,5,6)(H,7,8). The molecule has 0 fully saturated rings. The first-order chi connectivity index (χ1) is 5.52. The van der Waals surface area contributed by atoms with Gasteiger partial charge in [-0.15, -0.1) is 0 Å². The molecule has 7 nitrogen and oxygen atoms in total. The summed E-state index contributed by atoms with van der Waals surface area (Å²) in [5.74, 6) is -2.60. The Kier molecular flexibility index (Phi) is 5.27. The van der Waals surface area contributed by atoms with Crippen molar-refractivity contribution in [2.45, 2.75) is 0 Å². The molecule has 0 saturated carbocycles. The van der Waals surface area contributed by atoms with Gasteiger partial charge in [0, 0.05) is 0 Å². The smallest absolute Gasteiger partial charge is 0.330 e. The van der Waals surface area contributed by atoms with Gasteiger partial charge in [-0.25, -0.2) is 9.59 Å². The van der Waals surface area contributed by atoms with Crippen LogP contribution in [0.5, 0.6) is 0 Å². The molecule has 0 unspecified atom stereocenters. The molecule has 70 valence electrons. The Morgan fingerprint density at radius 2 is 1.42 bits per heavy atom. The molecule has 0 amide bonds. The van der Waals surface area contributed by atoms with Gasteiger partial charge in [0.15, 0.2) is 13.2 Å². The van der Waals surface area contributed by atoms with E-state index in [2.05, 4.69) is 9.05 Å². The van der Waals surface area contributed by atoms with E-state index in [0.29, 0.717) is 0 Å². The number of hydrogen-bond acceptors (Lipinski definition) is 5. The summed E-state index contributed by atoms with van der Waals surface area (Å²) >= 11 is 0. The normalized spacial score (nSPS) is 10.1. The van der Waals surface area contributed by atoms with Crippen LogP contribution in [0.3, 0.4) is 0 Å². The minimum Gasteiger partial charge on any atom is -0.480 e. The predicted octanol–water partition coefficient (Wildman–Crippen LogP) is -0.422. The second kappa shape index (κ2) is 5.70. The monoisotopic (exact) mass is 198 g/mol. The van der Waals surface area contributed by atoms with Crippen molar-refractivity contribution < 1.29 is 33.4 Å². The Balaban J connectivity index is 3.47. The lowest BCUT2D eigenvalue weighted by molar-refractivity contribution is -0.139. The third-order valence-electron chi connectivity index (χ3n) is 0.627. The van der Waals surface area contributed by atoms with Crippen LogP contribution < -0.4 is 0 Å². The molecule has 0 heterocycles. The predicted molar refractivity (Wildman–Crippen MR) is 36.2 cm³/mol. The second-order valence-electron chi connectivity index (χ2n) is 1.61. The van der Waals surface area contributed by atoms with E-state index < -0.39 is 33.4 Å². The Morgan fingerprint density at radius 3 is 1.67 bits per heavy atom. The van der Waals surface area contributed by atoms with Crippen molar-refractivity contribution >= 4 is 20.2 Å². The van der Waals surface area contributed by atoms with Gasteiger partial charge in [0.05, 0.1) is 0 Å². The maximum Gasteiger partial charge on any atom is 0.330 e. The molecule has 0 bridgehead atoms. The topological polar surface area (TPSA) is 110 Å². The zero-order valence-corrected chi connectivity index (χ0v) is 6.85. The van der Waals surface area contributed by atoms with Gasteiger partial charge in [-0.05, 0) is 0 Å². The van der Waals surface area contributed by atoms with Gasteiger partial charge in [-0.1, -0.05) is 0 Å². The summed E-state index contributed by atoms with van der Waals surface area (Å²) in [4.78, 5) is 19.6. The van der Waals surface area contributed by atoms with E-state index in [1.165, 1.54) is 0 Å². The van der Waals surface area contributed by atoms with Crippen molar-refractivity contribution in [2.24, 2.45) is 0 Å². The molecule has 0 spiro atoms. The average molecular weight is 198 g/mol. The molecule has 0 atom stereocenters. The van der Waals surface area contributed by atoms with Crippen LogP contribution in [-0.4, -0.2) is 35.4 Å². The first kappa shape index (κ1) is 11.1. The largest absolute Gasteiger partial charge is 0.480 e. The molecule has 0 aromatic rings. The number of carbonyl (C=O) groups is 2. The summed E-state index contributed by atoms with van der Waals surface area (Å²) in [7, 11) is -2.99. The van der Waals surface area contributed by atoms with Gasteiger partial charge in [-0.3, -0.25) is 13.6 Å². The first-order valence-electron chi connectivity index (χ1n) is 2.75. The number of aliphatic carboxylic acids is 2. The maximum absolute atomic E-state index is 10.5. The average Bonchev–Trinajstić information content (AvgIpc) is 1.96. The van der Waals surface area contributed by atoms with E-state index in [1.807, 2.05) is 0 Å². The highest BCUT2D eigenvalue weighted by molar-refractivity contribution is 7.33. The molecule has 0 saturated heterocycles. The van der Waals surface area contributed by atoms with E-state index in [0.717, 1.165) is 0 Å². The Bertz CT molecular complexity index is 180. The van der Waals surface area contributed by atoms with E-state index in [1.54, 1.807) is 0 Å². The highest BCUT2D eigenvalue weighted by Gasteiger charge is 2.05. The number of carboxylic acid groups (broad SMARTS) is 2. The second-order valence-corrected chi connectivity index (χ2v) is 2.69. The van der Waals surface area contributed by atoms with Crippen LogP contribution in [0, 0.1) is 0 Å². The molecular weight excluding hydrogens is 191 g/mol. The fourth-order valence-corrected chi connectivity index (χ4v) is 0.849. The molecule has 0 aliphatic heterocycles. The van der Waals surface area contributed by atoms with Crippen LogP contribution in [-0.2, 0) is 23.2 Å². The van der Waals surface area contributed by atoms with Crippen molar-refractivity contribution in [1.82, 2.24) is 0 Å². The summed E-state index contributed by atoms with van der Waals surface area (Å²) < 4.78 is 18.7. The van der Waals surface area contributed by atoms with Gasteiger partial charge in [0.25, 0.3) is 0 Å². The van der Waals surface area contributed by atoms with Gasteiger partial charge in [-0.2, -0.15) is 0 Å². The summed E-state index contributed by atoms with van der Waals surface area (Å²) in [6.45, 7) is -1.53. The number of rotatable bonds is 6. The summed E-state index contributed by atoms with van der Waals surface area (Å²) in [6.07, 6.45) is 0. The summed E-state index contributed by atoms with van der Waals surface area (Å²) in [6, 6.07) is 0. The highest BCUT2D eigenvalue weighted by atomic mass is 31.1. The van der Waals surface area contributed by atoms with Crippen LogP contribution in [0.2, 0.25) is 0 Å². The van der Waals surface area contributed by atoms with Gasteiger partial charge >= 0.3 is 20.2 Å². The van der Waals surface area contributed by atoms with Crippen LogP contribution in [0.4, 0.5) is 0 Å². The lowest BCUT2D eigenvalue weighted by atomic mass is 10.8.